The Morgan fingerprint density at radius 1 is 0.952 bits per heavy atom. The van der Waals surface area contributed by atoms with Gasteiger partial charge in [0.1, 0.15) is 11.6 Å². The predicted octanol–water partition coefficient (Wildman–Crippen LogP) is 3.83. The number of pyridine rings is 1. The van der Waals surface area contributed by atoms with E-state index in [-0.39, 0.29) is 11.4 Å². The van der Waals surface area contributed by atoms with Crippen LogP contribution in [0.4, 0.5) is 8.78 Å². The van der Waals surface area contributed by atoms with Crippen LogP contribution in [0.3, 0.4) is 0 Å². The van der Waals surface area contributed by atoms with Gasteiger partial charge in [0.25, 0.3) is 5.56 Å². The van der Waals surface area contributed by atoms with Gasteiger partial charge in [-0.3, -0.25) is 9.36 Å². The smallest absolute Gasteiger partial charge is 0.263 e. The lowest BCUT2D eigenvalue weighted by Crippen LogP contribution is -2.22. The minimum absolute atomic E-state index is 0.296. The summed E-state index contributed by atoms with van der Waals surface area (Å²) in [6.45, 7) is 1.93. The van der Waals surface area contributed by atoms with Crippen molar-refractivity contribution in [2.75, 3.05) is 0 Å². The second-order valence-electron chi connectivity index (χ2n) is 4.84. The molecular weight excluding hydrogens is 272 g/mol. The maximum atomic E-state index is 13.4. The third-order valence-electron chi connectivity index (χ3n) is 3.51. The molecule has 0 spiro atoms. The molecule has 3 rings (SSSR count). The van der Waals surface area contributed by atoms with E-state index in [1.54, 1.807) is 18.2 Å². The number of benzene rings is 2. The molecule has 3 aromatic rings. The zero-order valence-electron chi connectivity index (χ0n) is 11.4. The van der Waals surface area contributed by atoms with Crippen molar-refractivity contribution >= 4 is 10.8 Å². The van der Waals surface area contributed by atoms with E-state index in [9.17, 15) is 13.6 Å². The molecule has 0 amide bonds. The lowest BCUT2D eigenvalue weighted by molar-refractivity contribution is 0.627. The van der Waals surface area contributed by atoms with Crippen LogP contribution in [0.5, 0.6) is 0 Å². The molecule has 0 aliphatic heterocycles. The standard InChI is InChI=1S/C17H13F2NO/c1-2-14-9-11-3-4-13(19)10-16(11)17(21)20(14)15-7-5-12(18)6-8-15/h3-10H,2H2,1H3. The van der Waals surface area contributed by atoms with E-state index in [2.05, 4.69) is 0 Å². The number of halogens is 2. The highest BCUT2D eigenvalue weighted by Crippen LogP contribution is 2.18. The van der Waals surface area contributed by atoms with Gasteiger partial charge in [0.15, 0.2) is 0 Å². The third-order valence-corrected chi connectivity index (χ3v) is 3.51. The fourth-order valence-corrected chi connectivity index (χ4v) is 2.47. The van der Waals surface area contributed by atoms with Crippen LogP contribution in [0.2, 0.25) is 0 Å². The van der Waals surface area contributed by atoms with Gasteiger partial charge < -0.3 is 0 Å². The summed E-state index contributed by atoms with van der Waals surface area (Å²) in [6.07, 6.45) is 0.639. The first kappa shape index (κ1) is 13.5. The number of rotatable bonds is 2. The molecule has 0 N–H and O–H groups in total. The minimum Gasteiger partial charge on any atom is -0.281 e. The van der Waals surface area contributed by atoms with Crippen molar-refractivity contribution in [2.24, 2.45) is 0 Å². The van der Waals surface area contributed by atoms with E-state index in [1.165, 1.54) is 28.8 Å². The Kier molecular flexibility index (Phi) is 3.29. The van der Waals surface area contributed by atoms with Crippen LogP contribution in [0, 0.1) is 11.6 Å². The van der Waals surface area contributed by atoms with Crippen molar-refractivity contribution in [3.05, 3.63) is 76.2 Å². The second kappa shape index (κ2) is 5.13. The van der Waals surface area contributed by atoms with Crippen molar-refractivity contribution < 1.29 is 8.78 Å². The molecule has 1 heterocycles. The molecule has 0 saturated heterocycles. The minimum atomic E-state index is -0.450. The molecule has 106 valence electrons. The van der Waals surface area contributed by atoms with Crippen LogP contribution >= 0.6 is 0 Å². The average Bonchev–Trinajstić information content (AvgIpc) is 2.49. The molecule has 2 nitrogen and oxygen atoms in total. The van der Waals surface area contributed by atoms with Crippen molar-refractivity contribution in [3.8, 4) is 5.69 Å². The van der Waals surface area contributed by atoms with E-state index in [1.807, 2.05) is 13.0 Å². The highest BCUT2D eigenvalue weighted by molar-refractivity contribution is 5.82. The summed E-state index contributed by atoms with van der Waals surface area (Å²) in [7, 11) is 0. The number of fused-ring (bicyclic) bond motifs is 1. The van der Waals surface area contributed by atoms with Gasteiger partial charge in [0, 0.05) is 11.4 Å². The summed E-state index contributed by atoms with van der Waals surface area (Å²) >= 11 is 0. The molecule has 2 aromatic carbocycles. The quantitative estimate of drug-likeness (QED) is 0.701. The number of hydrogen-bond donors (Lipinski definition) is 0. The predicted molar refractivity (Wildman–Crippen MR) is 78.8 cm³/mol. The first-order chi connectivity index (χ1) is 10.1. The van der Waals surface area contributed by atoms with Crippen molar-refractivity contribution in [3.63, 3.8) is 0 Å². The van der Waals surface area contributed by atoms with Crippen LogP contribution in [0.15, 0.2) is 53.3 Å². The number of aryl methyl sites for hydroxylation is 1. The van der Waals surface area contributed by atoms with Crippen molar-refractivity contribution in [1.82, 2.24) is 4.57 Å². The highest BCUT2D eigenvalue weighted by Gasteiger charge is 2.10. The Bertz CT molecular complexity index is 866. The van der Waals surface area contributed by atoms with Crippen LogP contribution in [-0.2, 0) is 6.42 Å². The molecule has 0 bridgehead atoms. The molecule has 0 unspecified atom stereocenters. The molecule has 0 saturated carbocycles. The zero-order chi connectivity index (χ0) is 15.0. The number of nitrogens with zero attached hydrogens (tertiary/aromatic N) is 1. The fraction of sp³-hybridized carbons (Fsp3) is 0.118. The monoisotopic (exact) mass is 285 g/mol. The molecular formula is C17H13F2NO. The Balaban J connectivity index is 2.37. The zero-order valence-corrected chi connectivity index (χ0v) is 11.4. The largest absolute Gasteiger partial charge is 0.281 e. The molecule has 1 aromatic heterocycles. The lowest BCUT2D eigenvalue weighted by Gasteiger charge is -2.13. The van der Waals surface area contributed by atoms with Crippen LogP contribution in [0.25, 0.3) is 16.5 Å². The average molecular weight is 285 g/mol. The normalized spacial score (nSPS) is 11.0. The summed E-state index contributed by atoms with van der Waals surface area (Å²) in [5.41, 5.74) is 1.07. The van der Waals surface area contributed by atoms with Crippen LogP contribution < -0.4 is 5.56 Å². The summed E-state index contributed by atoms with van der Waals surface area (Å²) in [4.78, 5) is 12.6. The first-order valence-corrected chi connectivity index (χ1v) is 6.70. The molecule has 4 heteroatoms. The van der Waals surface area contributed by atoms with E-state index in [0.717, 1.165) is 5.69 Å². The summed E-state index contributed by atoms with van der Waals surface area (Å²) in [5, 5.41) is 1.02. The van der Waals surface area contributed by atoms with E-state index in [0.29, 0.717) is 22.9 Å². The first-order valence-electron chi connectivity index (χ1n) is 6.70. The van der Waals surface area contributed by atoms with Gasteiger partial charge in [-0.1, -0.05) is 13.0 Å². The Hall–Kier alpha value is -2.49. The fourth-order valence-electron chi connectivity index (χ4n) is 2.47. The van der Waals surface area contributed by atoms with E-state index >= 15 is 0 Å². The third kappa shape index (κ3) is 2.33. The van der Waals surface area contributed by atoms with Gasteiger partial charge in [-0.05, 0) is 54.3 Å². The molecule has 0 aliphatic carbocycles. The topological polar surface area (TPSA) is 22.0 Å². The van der Waals surface area contributed by atoms with Crippen LogP contribution in [0.1, 0.15) is 12.6 Å². The van der Waals surface area contributed by atoms with Crippen molar-refractivity contribution in [2.45, 2.75) is 13.3 Å². The maximum Gasteiger partial charge on any atom is 0.263 e. The second-order valence-corrected chi connectivity index (χ2v) is 4.84. The van der Waals surface area contributed by atoms with Gasteiger partial charge in [-0.25, -0.2) is 8.78 Å². The summed E-state index contributed by atoms with van der Waals surface area (Å²) in [5.74, 6) is -0.814. The molecule has 0 fully saturated rings. The Labute approximate surface area is 120 Å². The number of hydrogen-bond acceptors (Lipinski definition) is 1. The van der Waals surface area contributed by atoms with Gasteiger partial charge in [-0.2, -0.15) is 0 Å². The highest BCUT2D eigenvalue weighted by atomic mass is 19.1. The lowest BCUT2D eigenvalue weighted by atomic mass is 10.1. The van der Waals surface area contributed by atoms with Gasteiger partial charge in [0.2, 0.25) is 0 Å². The van der Waals surface area contributed by atoms with E-state index < -0.39 is 5.82 Å². The van der Waals surface area contributed by atoms with Crippen molar-refractivity contribution in [1.29, 1.82) is 0 Å². The van der Waals surface area contributed by atoms with E-state index in [4.69, 9.17) is 0 Å². The molecule has 21 heavy (non-hydrogen) atoms. The molecule has 0 atom stereocenters. The summed E-state index contributed by atoms with van der Waals surface area (Å²) in [6, 6.07) is 11.7. The molecule has 0 aliphatic rings. The summed E-state index contributed by atoms with van der Waals surface area (Å²) < 4.78 is 27.9. The SMILES string of the molecule is CCc1cc2ccc(F)cc2c(=O)n1-c1ccc(F)cc1. The van der Waals surface area contributed by atoms with Gasteiger partial charge >= 0.3 is 0 Å². The van der Waals surface area contributed by atoms with Crippen LogP contribution in [-0.4, -0.2) is 4.57 Å². The Morgan fingerprint density at radius 3 is 2.29 bits per heavy atom. The Morgan fingerprint density at radius 2 is 1.62 bits per heavy atom. The van der Waals surface area contributed by atoms with Gasteiger partial charge in [0.05, 0.1) is 5.39 Å². The number of aromatic nitrogens is 1. The van der Waals surface area contributed by atoms with Gasteiger partial charge in [-0.15, -0.1) is 0 Å². The maximum absolute atomic E-state index is 13.4. The molecule has 0 radical (unpaired) electrons.